The number of nitrogens with zero attached hydrogens (tertiary/aromatic N) is 1. The summed E-state index contributed by atoms with van der Waals surface area (Å²) in [6.45, 7) is 4.15. The van der Waals surface area contributed by atoms with Gasteiger partial charge in [0.2, 0.25) is 10.0 Å². The van der Waals surface area contributed by atoms with Crippen molar-refractivity contribution in [3.8, 4) is 0 Å². The van der Waals surface area contributed by atoms with E-state index >= 15 is 0 Å². The number of benzene rings is 1. The molecule has 6 nitrogen and oxygen atoms in total. The van der Waals surface area contributed by atoms with Gasteiger partial charge in [0.05, 0.1) is 11.5 Å². The molecule has 1 amide bonds. The molecular formula is C15H21FN2O4S. The van der Waals surface area contributed by atoms with Crippen LogP contribution in [0.5, 0.6) is 0 Å². The van der Waals surface area contributed by atoms with Gasteiger partial charge in [-0.25, -0.2) is 17.6 Å². The van der Waals surface area contributed by atoms with E-state index in [1.807, 2.05) is 0 Å². The second kappa shape index (κ2) is 7.27. The Morgan fingerprint density at radius 1 is 1.39 bits per heavy atom. The molecular weight excluding hydrogens is 323 g/mol. The number of ether oxygens (including phenoxy) is 1. The zero-order valence-corrected chi connectivity index (χ0v) is 14.0. The Morgan fingerprint density at radius 3 is 2.61 bits per heavy atom. The molecule has 0 atom stereocenters. The molecule has 0 spiro atoms. The minimum Gasteiger partial charge on any atom is -0.450 e. The van der Waals surface area contributed by atoms with Crippen molar-refractivity contribution in [1.29, 1.82) is 0 Å². The van der Waals surface area contributed by atoms with Crippen LogP contribution in [-0.2, 0) is 14.8 Å². The number of carbonyl (C=O) groups excluding carboxylic acids is 1. The second-order valence-electron chi connectivity index (χ2n) is 5.45. The van der Waals surface area contributed by atoms with Crippen molar-refractivity contribution >= 4 is 16.1 Å². The van der Waals surface area contributed by atoms with E-state index in [2.05, 4.69) is 5.32 Å². The Balaban J connectivity index is 2.01. The molecule has 2 rings (SSSR count). The minimum atomic E-state index is -3.64. The van der Waals surface area contributed by atoms with Gasteiger partial charge in [0.25, 0.3) is 0 Å². The Morgan fingerprint density at radius 2 is 2.04 bits per heavy atom. The molecule has 0 aromatic heterocycles. The maximum Gasteiger partial charge on any atom is 0.407 e. The van der Waals surface area contributed by atoms with Gasteiger partial charge < -0.3 is 10.1 Å². The molecule has 1 heterocycles. The second-order valence-corrected chi connectivity index (χ2v) is 7.39. The average Bonchev–Trinajstić information content (AvgIpc) is 2.50. The summed E-state index contributed by atoms with van der Waals surface area (Å²) in [6, 6.07) is 3.68. The summed E-state index contributed by atoms with van der Waals surface area (Å²) in [6.07, 6.45) is 0.541. The fraction of sp³-hybridized carbons (Fsp3) is 0.533. The van der Waals surface area contributed by atoms with Gasteiger partial charge in [0, 0.05) is 19.1 Å². The third-order valence-electron chi connectivity index (χ3n) is 3.82. The highest BCUT2D eigenvalue weighted by atomic mass is 32.2. The number of aryl methyl sites for hydroxylation is 1. The third kappa shape index (κ3) is 4.20. The number of rotatable bonds is 4. The molecule has 0 radical (unpaired) electrons. The van der Waals surface area contributed by atoms with Crippen LogP contribution in [0.25, 0.3) is 0 Å². The molecule has 0 bridgehead atoms. The van der Waals surface area contributed by atoms with Gasteiger partial charge in [-0.15, -0.1) is 0 Å². The summed E-state index contributed by atoms with van der Waals surface area (Å²) in [5.74, 6) is -0.429. The van der Waals surface area contributed by atoms with E-state index in [-0.39, 0.29) is 10.9 Å². The fourth-order valence-corrected chi connectivity index (χ4v) is 4.06. The SMILES string of the molecule is CCOC(=O)NC1CCN(S(=O)(=O)c2ccc(F)c(C)c2)CC1. The van der Waals surface area contributed by atoms with E-state index in [0.717, 1.165) is 6.07 Å². The highest BCUT2D eigenvalue weighted by Gasteiger charge is 2.30. The third-order valence-corrected chi connectivity index (χ3v) is 5.71. The van der Waals surface area contributed by atoms with Crippen LogP contribution >= 0.6 is 0 Å². The summed E-state index contributed by atoms with van der Waals surface area (Å²) in [4.78, 5) is 11.5. The van der Waals surface area contributed by atoms with Gasteiger partial charge in [-0.2, -0.15) is 4.31 Å². The van der Waals surface area contributed by atoms with Gasteiger partial charge in [-0.3, -0.25) is 0 Å². The van der Waals surface area contributed by atoms with Crippen molar-refractivity contribution in [3.05, 3.63) is 29.6 Å². The summed E-state index contributed by atoms with van der Waals surface area (Å²) in [5, 5.41) is 2.72. The normalized spacial score (nSPS) is 17.0. The first-order valence-electron chi connectivity index (χ1n) is 7.54. The van der Waals surface area contributed by atoms with Gasteiger partial charge >= 0.3 is 6.09 Å². The van der Waals surface area contributed by atoms with Crippen LogP contribution < -0.4 is 5.32 Å². The Bertz CT molecular complexity index is 670. The number of carbonyl (C=O) groups is 1. The summed E-state index contributed by atoms with van der Waals surface area (Å²) in [5.41, 5.74) is 0.296. The molecule has 0 saturated carbocycles. The largest absolute Gasteiger partial charge is 0.450 e. The lowest BCUT2D eigenvalue weighted by Gasteiger charge is -2.31. The molecule has 8 heteroatoms. The lowest BCUT2D eigenvalue weighted by Crippen LogP contribution is -2.46. The van der Waals surface area contributed by atoms with E-state index in [0.29, 0.717) is 38.1 Å². The summed E-state index contributed by atoms with van der Waals surface area (Å²) >= 11 is 0. The van der Waals surface area contributed by atoms with Gasteiger partial charge in [-0.1, -0.05) is 0 Å². The Hall–Kier alpha value is -1.67. The van der Waals surface area contributed by atoms with Crippen molar-refractivity contribution in [3.63, 3.8) is 0 Å². The number of alkyl carbamates (subject to hydrolysis) is 1. The van der Waals surface area contributed by atoms with Crippen LogP contribution in [0.3, 0.4) is 0 Å². The molecule has 128 valence electrons. The van der Waals surface area contributed by atoms with Crippen molar-refractivity contribution in [1.82, 2.24) is 9.62 Å². The number of nitrogens with one attached hydrogen (secondary N) is 1. The van der Waals surface area contributed by atoms with Crippen molar-refractivity contribution in [2.75, 3.05) is 19.7 Å². The lowest BCUT2D eigenvalue weighted by molar-refractivity contribution is 0.143. The van der Waals surface area contributed by atoms with E-state index < -0.39 is 21.9 Å². The van der Waals surface area contributed by atoms with Crippen LogP contribution in [0, 0.1) is 12.7 Å². The smallest absolute Gasteiger partial charge is 0.407 e. The Kier molecular flexibility index (Phi) is 5.59. The maximum atomic E-state index is 13.3. The molecule has 1 aliphatic heterocycles. The van der Waals surface area contributed by atoms with E-state index in [1.165, 1.54) is 23.4 Å². The number of sulfonamides is 1. The number of hydrogen-bond acceptors (Lipinski definition) is 4. The van der Waals surface area contributed by atoms with E-state index in [9.17, 15) is 17.6 Å². The van der Waals surface area contributed by atoms with Crippen LogP contribution in [-0.4, -0.2) is 44.6 Å². The van der Waals surface area contributed by atoms with Crippen LogP contribution in [0.4, 0.5) is 9.18 Å². The van der Waals surface area contributed by atoms with Gasteiger partial charge in [0.1, 0.15) is 5.82 Å². The number of amides is 1. The first-order valence-corrected chi connectivity index (χ1v) is 8.98. The highest BCUT2D eigenvalue weighted by Crippen LogP contribution is 2.22. The Labute approximate surface area is 135 Å². The lowest BCUT2D eigenvalue weighted by atomic mass is 10.1. The minimum absolute atomic E-state index is 0.0909. The topological polar surface area (TPSA) is 75.7 Å². The predicted octanol–water partition coefficient (Wildman–Crippen LogP) is 2.03. The number of hydrogen-bond donors (Lipinski definition) is 1. The van der Waals surface area contributed by atoms with Crippen molar-refractivity contribution in [2.45, 2.75) is 37.6 Å². The number of piperidine rings is 1. The monoisotopic (exact) mass is 344 g/mol. The summed E-state index contributed by atoms with van der Waals surface area (Å²) < 4.78 is 44.6. The van der Waals surface area contributed by atoms with Gasteiger partial charge in [0.15, 0.2) is 0 Å². The van der Waals surface area contributed by atoms with Crippen LogP contribution in [0.2, 0.25) is 0 Å². The molecule has 23 heavy (non-hydrogen) atoms. The van der Waals surface area contributed by atoms with Crippen LogP contribution in [0.15, 0.2) is 23.1 Å². The van der Waals surface area contributed by atoms with Crippen molar-refractivity contribution in [2.24, 2.45) is 0 Å². The predicted molar refractivity (Wildman–Crippen MR) is 83.1 cm³/mol. The molecule has 1 aromatic rings. The first kappa shape index (κ1) is 17.7. The summed E-state index contributed by atoms with van der Waals surface area (Å²) in [7, 11) is -3.64. The highest BCUT2D eigenvalue weighted by molar-refractivity contribution is 7.89. The average molecular weight is 344 g/mol. The fourth-order valence-electron chi connectivity index (χ4n) is 2.51. The molecule has 1 N–H and O–H groups in total. The zero-order chi connectivity index (χ0) is 17.0. The zero-order valence-electron chi connectivity index (χ0n) is 13.2. The molecule has 1 aliphatic rings. The number of halogens is 1. The standard InChI is InChI=1S/C15H21FN2O4S/c1-3-22-15(19)17-12-6-8-18(9-7-12)23(20,21)13-4-5-14(16)11(2)10-13/h4-5,10,12H,3,6-9H2,1-2H3,(H,17,19). The van der Waals surface area contributed by atoms with Crippen LogP contribution in [0.1, 0.15) is 25.3 Å². The first-order chi connectivity index (χ1) is 10.8. The maximum absolute atomic E-state index is 13.3. The quantitative estimate of drug-likeness (QED) is 0.907. The molecule has 0 aliphatic carbocycles. The molecule has 1 fully saturated rings. The molecule has 0 unspecified atom stereocenters. The molecule has 1 aromatic carbocycles. The van der Waals surface area contributed by atoms with E-state index in [4.69, 9.17) is 4.74 Å². The van der Waals surface area contributed by atoms with E-state index in [1.54, 1.807) is 6.92 Å². The van der Waals surface area contributed by atoms with Gasteiger partial charge in [-0.05, 0) is 50.5 Å². The molecule has 1 saturated heterocycles. The van der Waals surface area contributed by atoms with Crippen molar-refractivity contribution < 1.29 is 22.3 Å².